The smallest absolute Gasteiger partial charge is 0.306 e. The molecule has 0 atom stereocenters. The third-order valence-corrected chi connectivity index (χ3v) is 2.70. The van der Waals surface area contributed by atoms with Gasteiger partial charge in [-0.3, -0.25) is 4.79 Å². The van der Waals surface area contributed by atoms with Crippen LogP contribution in [0.3, 0.4) is 0 Å². The fourth-order valence-corrected chi connectivity index (χ4v) is 1.62. The van der Waals surface area contributed by atoms with Crippen LogP contribution in [-0.4, -0.2) is 33.3 Å². The van der Waals surface area contributed by atoms with Crippen molar-refractivity contribution < 1.29 is 14.3 Å². The van der Waals surface area contributed by atoms with Crippen LogP contribution in [0.1, 0.15) is 25.3 Å². The number of benzene rings is 1. The molecule has 0 saturated carbocycles. The van der Waals surface area contributed by atoms with E-state index in [0.717, 1.165) is 11.3 Å². The van der Waals surface area contributed by atoms with Gasteiger partial charge in [0.05, 0.1) is 0 Å². The Morgan fingerprint density at radius 1 is 1.32 bits per heavy atom. The molecule has 0 aliphatic heterocycles. The highest BCUT2D eigenvalue weighted by molar-refractivity contribution is 5.69. The quantitative estimate of drug-likeness (QED) is 0.535. The number of hydrogen-bond donors (Lipinski definition) is 0. The van der Waals surface area contributed by atoms with Crippen molar-refractivity contribution in [1.82, 2.24) is 0 Å². The van der Waals surface area contributed by atoms with Crippen LogP contribution < -0.4 is 4.90 Å². The molecule has 0 saturated heterocycles. The molecule has 0 amide bonds. The summed E-state index contributed by atoms with van der Waals surface area (Å²) in [5, 5.41) is 0. The minimum Gasteiger partial charge on any atom is -0.461 e. The first-order valence-electron chi connectivity index (χ1n) is 6.63. The molecule has 0 fully saturated rings. The van der Waals surface area contributed by atoms with Crippen molar-refractivity contribution in [2.45, 2.75) is 26.4 Å². The van der Waals surface area contributed by atoms with E-state index in [-0.39, 0.29) is 5.97 Å². The lowest BCUT2D eigenvalue weighted by Crippen LogP contribution is -2.09. The lowest BCUT2D eigenvalue weighted by molar-refractivity contribution is -0.145. The van der Waals surface area contributed by atoms with Gasteiger partial charge in [0.25, 0.3) is 0 Å². The van der Waals surface area contributed by atoms with E-state index in [0.29, 0.717) is 32.7 Å². The Hall–Kier alpha value is -1.55. The summed E-state index contributed by atoms with van der Waals surface area (Å²) in [4.78, 5) is 13.5. The summed E-state index contributed by atoms with van der Waals surface area (Å²) in [5.74, 6) is -0.171. The molecule has 1 aromatic rings. The van der Waals surface area contributed by atoms with Crippen molar-refractivity contribution in [2.24, 2.45) is 0 Å². The fraction of sp³-hybridized carbons (Fsp3) is 0.533. The van der Waals surface area contributed by atoms with Gasteiger partial charge in [0, 0.05) is 39.4 Å². The molecule has 0 bridgehead atoms. The summed E-state index contributed by atoms with van der Waals surface area (Å²) in [6.45, 7) is 3.57. The van der Waals surface area contributed by atoms with Crippen molar-refractivity contribution in [3.05, 3.63) is 29.8 Å². The maximum atomic E-state index is 11.5. The van der Waals surface area contributed by atoms with Crippen molar-refractivity contribution in [3.63, 3.8) is 0 Å². The van der Waals surface area contributed by atoms with Crippen molar-refractivity contribution in [3.8, 4) is 0 Å². The molecule has 4 nitrogen and oxygen atoms in total. The topological polar surface area (TPSA) is 38.8 Å². The van der Waals surface area contributed by atoms with Crippen LogP contribution >= 0.6 is 0 Å². The van der Waals surface area contributed by atoms with Crippen LogP contribution in [0.5, 0.6) is 0 Å². The van der Waals surface area contributed by atoms with Gasteiger partial charge >= 0.3 is 5.97 Å². The van der Waals surface area contributed by atoms with E-state index in [1.165, 1.54) is 0 Å². The van der Waals surface area contributed by atoms with E-state index in [9.17, 15) is 4.79 Å². The standard InChI is InChI=1S/C15H23NO3/c1-4-18-10-6-9-15(17)19-12-13-7-5-8-14(11-13)16(2)3/h5,7-8,11H,4,6,9-10,12H2,1-3H3. The van der Waals surface area contributed by atoms with E-state index < -0.39 is 0 Å². The molecule has 1 rings (SSSR count). The van der Waals surface area contributed by atoms with Crippen molar-refractivity contribution in [1.29, 1.82) is 0 Å². The van der Waals surface area contributed by atoms with Crippen molar-refractivity contribution in [2.75, 3.05) is 32.2 Å². The molecular formula is C15H23NO3. The zero-order valence-electron chi connectivity index (χ0n) is 12.0. The van der Waals surface area contributed by atoms with E-state index >= 15 is 0 Å². The Balaban J connectivity index is 2.31. The van der Waals surface area contributed by atoms with Gasteiger partial charge in [-0.15, -0.1) is 0 Å². The second-order valence-electron chi connectivity index (χ2n) is 4.53. The van der Waals surface area contributed by atoms with Gasteiger partial charge in [-0.2, -0.15) is 0 Å². The summed E-state index contributed by atoms with van der Waals surface area (Å²) < 4.78 is 10.4. The number of ether oxygens (including phenoxy) is 2. The first-order chi connectivity index (χ1) is 9.13. The van der Waals surface area contributed by atoms with Gasteiger partial charge in [-0.1, -0.05) is 12.1 Å². The third-order valence-electron chi connectivity index (χ3n) is 2.70. The largest absolute Gasteiger partial charge is 0.461 e. The van der Waals surface area contributed by atoms with Gasteiger partial charge in [0.1, 0.15) is 6.61 Å². The molecule has 106 valence electrons. The third kappa shape index (κ3) is 6.25. The van der Waals surface area contributed by atoms with E-state index in [2.05, 4.69) is 0 Å². The van der Waals surface area contributed by atoms with E-state index in [4.69, 9.17) is 9.47 Å². The molecule has 0 aliphatic carbocycles. The summed E-state index contributed by atoms with van der Waals surface area (Å²) >= 11 is 0. The average Bonchev–Trinajstić information content (AvgIpc) is 2.41. The van der Waals surface area contributed by atoms with Gasteiger partial charge < -0.3 is 14.4 Å². The normalized spacial score (nSPS) is 10.3. The molecule has 0 aromatic heterocycles. The summed E-state index contributed by atoms with van der Waals surface area (Å²) in [5.41, 5.74) is 2.11. The Morgan fingerprint density at radius 3 is 2.79 bits per heavy atom. The maximum absolute atomic E-state index is 11.5. The van der Waals surface area contributed by atoms with Crippen LogP contribution in [0.25, 0.3) is 0 Å². The summed E-state index contributed by atoms with van der Waals surface area (Å²) in [6.07, 6.45) is 1.12. The maximum Gasteiger partial charge on any atom is 0.306 e. The number of carbonyl (C=O) groups excluding carboxylic acids is 1. The Labute approximate surface area is 115 Å². The minimum atomic E-state index is -0.171. The molecule has 0 N–H and O–H groups in total. The van der Waals surface area contributed by atoms with E-state index in [1.807, 2.05) is 50.2 Å². The zero-order chi connectivity index (χ0) is 14.1. The highest BCUT2D eigenvalue weighted by Crippen LogP contribution is 2.14. The lowest BCUT2D eigenvalue weighted by atomic mass is 10.2. The Bertz CT molecular complexity index is 391. The molecule has 4 heteroatoms. The zero-order valence-corrected chi connectivity index (χ0v) is 12.0. The second-order valence-corrected chi connectivity index (χ2v) is 4.53. The summed E-state index contributed by atoms with van der Waals surface area (Å²) in [6, 6.07) is 7.97. The monoisotopic (exact) mass is 265 g/mol. The Morgan fingerprint density at radius 2 is 2.11 bits per heavy atom. The van der Waals surface area contributed by atoms with E-state index in [1.54, 1.807) is 0 Å². The SMILES string of the molecule is CCOCCCC(=O)OCc1cccc(N(C)C)c1. The van der Waals surface area contributed by atoms with Crippen LogP contribution in [0, 0.1) is 0 Å². The molecule has 0 aliphatic rings. The lowest BCUT2D eigenvalue weighted by Gasteiger charge is -2.13. The van der Waals surface area contributed by atoms with Crippen LogP contribution in [-0.2, 0) is 20.9 Å². The molecular weight excluding hydrogens is 242 g/mol. The summed E-state index contributed by atoms with van der Waals surface area (Å²) in [7, 11) is 3.97. The molecule has 0 heterocycles. The van der Waals surface area contributed by atoms with Gasteiger partial charge in [0.15, 0.2) is 0 Å². The molecule has 19 heavy (non-hydrogen) atoms. The highest BCUT2D eigenvalue weighted by Gasteiger charge is 2.04. The molecule has 1 aromatic carbocycles. The van der Waals surface area contributed by atoms with Crippen molar-refractivity contribution >= 4 is 11.7 Å². The molecule has 0 radical (unpaired) electrons. The first kappa shape index (κ1) is 15.5. The predicted molar refractivity (Wildman–Crippen MR) is 76.3 cm³/mol. The number of rotatable bonds is 8. The fourth-order valence-electron chi connectivity index (χ4n) is 1.62. The van der Waals surface area contributed by atoms with Gasteiger partial charge in [-0.05, 0) is 31.0 Å². The first-order valence-corrected chi connectivity index (χ1v) is 6.63. The van der Waals surface area contributed by atoms with Crippen LogP contribution in [0.4, 0.5) is 5.69 Å². The second kappa shape index (κ2) is 8.53. The number of carbonyl (C=O) groups is 1. The predicted octanol–water partition coefficient (Wildman–Crippen LogP) is 2.61. The highest BCUT2D eigenvalue weighted by atomic mass is 16.5. The van der Waals surface area contributed by atoms with Crippen LogP contribution in [0.2, 0.25) is 0 Å². The number of anilines is 1. The molecule has 0 unspecified atom stereocenters. The number of nitrogens with zero attached hydrogens (tertiary/aromatic N) is 1. The molecule has 0 spiro atoms. The number of hydrogen-bond acceptors (Lipinski definition) is 4. The Kier molecular flexibility index (Phi) is 6.97. The number of esters is 1. The minimum absolute atomic E-state index is 0.171. The average molecular weight is 265 g/mol. The van der Waals surface area contributed by atoms with Gasteiger partial charge in [0.2, 0.25) is 0 Å². The van der Waals surface area contributed by atoms with Gasteiger partial charge in [-0.25, -0.2) is 0 Å². The van der Waals surface area contributed by atoms with Crippen LogP contribution in [0.15, 0.2) is 24.3 Å².